The molecule has 0 radical (unpaired) electrons. The van der Waals surface area contributed by atoms with Crippen LogP contribution in [0.5, 0.6) is 11.5 Å². The Labute approximate surface area is 158 Å². The molecule has 0 aliphatic rings. The summed E-state index contributed by atoms with van der Waals surface area (Å²) in [4.78, 5) is 16.7. The van der Waals surface area contributed by atoms with Crippen LogP contribution in [0.15, 0.2) is 66.9 Å². The van der Waals surface area contributed by atoms with Gasteiger partial charge in [0.2, 0.25) is 0 Å². The van der Waals surface area contributed by atoms with Crippen molar-refractivity contribution in [2.45, 2.75) is 6.54 Å². The van der Waals surface area contributed by atoms with Gasteiger partial charge in [-0.15, -0.1) is 0 Å². The lowest BCUT2D eigenvalue weighted by molar-refractivity contribution is 0.102. The molecule has 2 N–H and O–H groups in total. The van der Waals surface area contributed by atoms with E-state index in [9.17, 15) is 4.79 Å². The lowest BCUT2D eigenvalue weighted by Gasteiger charge is -2.11. The summed E-state index contributed by atoms with van der Waals surface area (Å²) in [5.74, 6) is 0.877. The first kappa shape index (κ1) is 18.3. The van der Waals surface area contributed by atoms with Crippen molar-refractivity contribution >= 4 is 17.3 Å². The largest absolute Gasteiger partial charge is 0.493 e. The second-order valence-electron chi connectivity index (χ2n) is 5.78. The highest BCUT2D eigenvalue weighted by atomic mass is 16.5. The van der Waals surface area contributed by atoms with Crippen LogP contribution in [0.4, 0.5) is 11.4 Å². The van der Waals surface area contributed by atoms with E-state index in [1.54, 1.807) is 31.5 Å². The smallest absolute Gasteiger partial charge is 0.255 e. The van der Waals surface area contributed by atoms with Crippen molar-refractivity contribution in [2.24, 2.45) is 0 Å². The van der Waals surface area contributed by atoms with Crippen LogP contribution in [0.25, 0.3) is 0 Å². The highest BCUT2D eigenvalue weighted by molar-refractivity contribution is 6.04. The van der Waals surface area contributed by atoms with Gasteiger partial charge in [0.05, 0.1) is 26.5 Å². The standard InChI is InChI=1S/C21H21N3O3/c1-26-19-11-6-15(13-20(19)27-2)21(25)24-17-9-7-16(8-10-17)23-14-18-5-3-4-12-22-18/h3-13,23H,14H2,1-2H3,(H,24,25). The highest BCUT2D eigenvalue weighted by Gasteiger charge is 2.11. The number of carbonyl (C=O) groups is 1. The van der Waals surface area contributed by atoms with E-state index in [1.807, 2.05) is 42.5 Å². The van der Waals surface area contributed by atoms with Crippen molar-refractivity contribution in [3.63, 3.8) is 0 Å². The predicted octanol–water partition coefficient (Wildman–Crippen LogP) is 3.96. The number of hydrogen-bond acceptors (Lipinski definition) is 5. The molecule has 6 heteroatoms. The maximum atomic E-state index is 12.4. The lowest BCUT2D eigenvalue weighted by atomic mass is 10.1. The highest BCUT2D eigenvalue weighted by Crippen LogP contribution is 2.28. The van der Waals surface area contributed by atoms with Crippen LogP contribution in [0.2, 0.25) is 0 Å². The summed E-state index contributed by atoms with van der Waals surface area (Å²) in [6, 6.07) is 18.4. The summed E-state index contributed by atoms with van der Waals surface area (Å²) < 4.78 is 10.4. The van der Waals surface area contributed by atoms with Crippen LogP contribution < -0.4 is 20.1 Å². The van der Waals surface area contributed by atoms with Crippen LogP contribution >= 0.6 is 0 Å². The number of pyridine rings is 1. The summed E-state index contributed by atoms with van der Waals surface area (Å²) in [6.07, 6.45) is 1.77. The zero-order valence-corrected chi connectivity index (χ0v) is 15.2. The van der Waals surface area contributed by atoms with Crippen molar-refractivity contribution < 1.29 is 14.3 Å². The average molecular weight is 363 g/mol. The predicted molar refractivity (Wildman–Crippen MR) is 106 cm³/mol. The molecule has 138 valence electrons. The summed E-state index contributed by atoms with van der Waals surface area (Å²) in [5, 5.41) is 6.17. The Kier molecular flexibility index (Phi) is 5.89. The summed E-state index contributed by atoms with van der Waals surface area (Å²) >= 11 is 0. The Morgan fingerprint density at radius 2 is 1.67 bits per heavy atom. The normalized spacial score (nSPS) is 10.1. The molecule has 0 spiro atoms. The number of nitrogens with zero attached hydrogens (tertiary/aromatic N) is 1. The summed E-state index contributed by atoms with van der Waals surface area (Å²) in [6.45, 7) is 0.637. The first-order valence-corrected chi connectivity index (χ1v) is 8.47. The van der Waals surface area contributed by atoms with Crippen molar-refractivity contribution in [1.82, 2.24) is 4.98 Å². The maximum Gasteiger partial charge on any atom is 0.255 e. The fourth-order valence-corrected chi connectivity index (χ4v) is 2.55. The number of benzene rings is 2. The molecule has 1 aromatic heterocycles. The van der Waals surface area contributed by atoms with E-state index in [2.05, 4.69) is 15.6 Å². The minimum Gasteiger partial charge on any atom is -0.493 e. The number of anilines is 2. The third-order valence-corrected chi connectivity index (χ3v) is 3.99. The van der Waals surface area contributed by atoms with E-state index in [-0.39, 0.29) is 5.91 Å². The van der Waals surface area contributed by atoms with Gasteiger partial charge in [0, 0.05) is 23.1 Å². The molecule has 0 unspecified atom stereocenters. The molecular weight excluding hydrogens is 342 g/mol. The average Bonchev–Trinajstić information content (AvgIpc) is 2.73. The van der Waals surface area contributed by atoms with E-state index in [4.69, 9.17) is 9.47 Å². The molecule has 3 rings (SSSR count). The number of rotatable bonds is 7. The summed E-state index contributed by atoms with van der Waals surface area (Å²) in [7, 11) is 3.09. The van der Waals surface area contributed by atoms with Crippen molar-refractivity contribution in [2.75, 3.05) is 24.9 Å². The van der Waals surface area contributed by atoms with Crippen LogP contribution in [0.3, 0.4) is 0 Å². The fourth-order valence-electron chi connectivity index (χ4n) is 2.55. The minimum atomic E-state index is -0.217. The molecule has 2 aromatic carbocycles. The SMILES string of the molecule is COc1ccc(C(=O)Nc2ccc(NCc3ccccn3)cc2)cc1OC. The van der Waals surface area contributed by atoms with Crippen molar-refractivity contribution in [3.05, 3.63) is 78.1 Å². The van der Waals surface area contributed by atoms with Crippen LogP contribution in [0, 0.1) is 0 Å². The first-order valence-electron chi connectivity index (χ1n) is 8.47. The molecule has 0 saturated carbocycles. The third kappa shape index (κ3) is 4.76. The van der Waals surface area contributed by atoms with E-state index in [0.29, 0.717) is 29.3 Å². The number of ether oxygens (including phenoxy) is 2. The van der Waals surface area contributed by atoms with Gasteiger partial charge in [-0.3, -0.25) is 9.78 Å². The van der Waals surface area contributed by atoms with Gasteiger partial charge in [-0.05, 0) is 54.6 Å². The Balaban J connectivity index is 1.61. The van der Waals surface area contributed by atoms with Gasteiger partial charge in [0.25, 0.3) is 5.91 Å². The number of aromatic nitrogens is 1. The fraction of sp³-hybridized carbons (Fsp3) is 0.143. The monoisotopic (exact) mass is 363 g/mol. The number of amides is 1. The second-order valence-corrected chi connectivity index (χ2v) is 5.78. The van der Waals surface area contributed by atoms with E-state index in [0.717, 1.165) is 11.4 Å². The Bertz CT molecular complexity index is 896. The number of hydrogen-bond donors (Lipinski definition) is 2. The van der Waals surface area contributed by atoms with Gasteiger partial charge in [-0.2, -0.15) is 0 Å². The molecule has 0 atom stereocenters. The molecule has 0 saturated heterocycles. The molecule has 0 aliphatic heterocycles. The van der Waals surface area contributed by atoms with Crippen molar-refractivity contribution in [3.8, 4) is 11.5 Å². The maximum absolute atomic E-state index is 12.4. The van der Waals surface area contributed by atoms with Gasteiger partial charge < -0.3 is 20.1 Å². The van der Waals surface area contributed by atoms with E-state index in [1.165, 1.54) is 7.11 Å². The van der Waals surface area contributed by atoms with Gasteiger partial charge in [-0.25, -0.2) is 0 Å². The summed E-state index contributed by atoms with van der Waals surface area (Å²) in [5.41, 5.74) is 3.11. The van der Waals surface area contributed by atoms with Gasteiger partial charge in [0.1, 0.15) is 0 Å². The molecule has 0 bridgehead atoms. The van der Waals surface area contributed by atoms with Gasteiger partial charge >= 0.3 is 0 Å². The van der Waals surface area contributed by atoms with E-state index < -0.39 is 0 Å². The van der Waals surface area contributed by atoms with Crippen LogP contribution in [0.1, 0.15) is 16.1 Å². The molecule has 1 amide bonds. The minimum absolute atomic E-state index is 0.217. The van der Waals surface area contributed by atoms with Gasteiger partial charge in [0.15, 0.2) is 11.5 Å². The molecular formula is C21H21N3O3. The molecule has 1 heterocycles. The van der Waals surface area contributed by atoms with Crippen LogP contribution in [-0.2, 0) is 6.54 Å². The molecule has 0 fully saturated rings. The van der Waals surface area contributed by atoms with E-state index >= 15 is 0 Å². The number of methoxy groups -OCH3 is 2. The lowest BCUT2D eigenvalue weighted by Crippen LogP contribution is -2.12. The number of nitrogens with one attached hydrogen (secondary N) is 2. The quantitative estimate of drug-likeness (QED) is 0.665. The zero-order chi connectivity index (χ0) is 19.1. The number of carbonyl (C=O) groups excluding carboxylic acids is 1. The molecule has 6 nitrogen and oxygen atoms in total. The Morgan fingerprint density at radius 3 is 2.33 bits per heavy atom. The zero-order valence-electron chi connectivity index (χ0n) is 15.2. The third-order valence-electron chi connectivity index (χ3n) is 3.99. The van der Waals surface area contributed by atoms with Gasteiger partial charge in [-0.1, -0.05) is 6.07 Å². The Morgan fingerprint density at radius 1 is 0.926 bits per heavy atom. The first-order chi connectivity index (χ1) is 13.2. The molecule has 27 heavy (non-hydrogen) atoms. The topological polar surface area (TPSA) is 72.5 Å². The van der Waals surface area contributed by atoms with Crippen molar-refractivity contribution in [1.29, 1.82) is 0 Å². The van der Waals surface area contributed by atoms with Crippen LogP contribution in [-0.4, -0.2) is 25.1 Å². The Hall–Kier alpha value is -3.54. The molecule has 0 aliphatic carbocycles. The molecule has 3 aromatic rings. The second kappa shape index (κ2) is 8.71.